The highest BCUT2D eigenvalue weighted by Crippen LogP contribution is 2.36. The molecule has 1 heterocycles. The number of aryl methyl sites for hydroxylation is 1. The van der Waals surface area contributed by atoms with Crippen LogP contribution >= 0.6 is 33.9 Å². The van der Waals surface area contributed by atoms with Crippen molar-refractivity contribution in [3.05, 3.63) is 19.4 Å². The zero-order valence-corrected chi connectivity index (χ0v) is 12.3. The van der Waals surface area contributed by atoms with E-state index >= 15 is 0 Å². The van der Waals surface area contributed by atoms with Gasteiger partial charge in [0.1, 0.15) is 6.61 Å². The first-order chi connectivity index (χ1) is 8.16. The van der Waals surface area contributed by atoms with Gasteiger partial charge in [0.25, 0.3) is 0 Å². The summed E-state index contributed by atoms with van der Waals surface area (Å²) in [6.45, 7) is 0.988. The van der Waals surface area contributed by atoms with Crippen molar-refractivity contribution < 1.29 is 9.53 Å². The van der Waals surface area contributed by atoms with Crippen molar-refractivity contribution in [1.82, 2.24) is 5.32 Å². The fourth-order valence-electron chi connectivity index (χ4n) is 2.12. The number of thiophene rings is 1. The Morgan fingerprint density at radius 3 is 3.29 bits per heavy atom. The molecular weight excluding hydrogens is 351 g/mol. The average Bonchev–Trinajstić information content (AvgIpc) is 2.65. The number of nitrogens with one attached hydrogen (secondary N) is 1. The third-order valence-corrected chi connectivity index (χ3v) is 4.79. The molecule has 0 bridgehead atoms. The zero-order valence-electron chi connectivity index (χ0n) is 9.37. The largest absolute Gasteiger partial charge is 0.448 e. The van der Waals surface area contributed by atoms with Gasteiger partial charge in [0.15, 0.2) is 0 Å². The fourth-order valence-corrected chi connectivity index (χ4v) is 4.24. The summed E-state index contributed by atoms with van der Waals surface area (Å²) in [5, 5.41) is 3.42. The molecule has 1 aliphatic rings. The number of primary amides is 1. The van der Waals surface area contributed by atoms with E-state index in [2.05, 4.69) is 34.0 Å². The number of rotatable bonds is 4. The Labute approximate surface area is 118 Å². The lowest BCUT2D eigenvalue weighted by atomic mass is 9.94. The van der Waals surface area contributed by atoms with E-state index in [0.29, 0.717) is 19.2 Å². The van der Waals surface area contributed by atoms with E-state index in [4.69, 9.17) is 10.5 Å². The molecule has 1 aromatic rings. The highest BCUT2D eigenvalue weighted by molar-refractivity contribution is 14.1. The summed E-state index contributed by atoms with van der Waals surface area (Å²) in [4.78, 5) is 11.9. The molecule has 1 aliphatic carbocycles. The van der Waals surface area contributed by atoms with Gasteiger partial charge in [-0.3, -0.25) is 0 Å². The van der Waals surface area contributed by atoms with Gasteiger partial charge in [-0.25, -0.2) is 4.79 Å². The van der Waals surface area contributed by atoms with E-state index in [9.17, 15) is 4.79 Å². The number of carbonyl (C=O) groups excluding carboxylic acids is 1. The Morgan fingerprint density at radius 2 is 2.53 bits per heavy atom. The molecule has 6 heteroatoms. The molecular formula is C11H15IN2O2S. The third kappa shape index (κ3) is 3.56. The Morgan fingerprint density at radius 1 is 1.71 bits per heavy atom. The van der Waals surface area contributed by atoms with Crippen molar-refractivity contribution in [2.75, 3.05) is 13.2 Å². The second kappa shape index (κ2) is 6.01. The van der Waals surface area contributed by atoms with E-state index in [0.717, 1.165) is 6.42 Å². The summed E-state index contributed by atoms with van der Waals surface area (Å²) < 4.78 is 6.05. The molecule has 1 atom stereocenters. The lowest BCUT2D eigenvalue weighted by Gasteiger charge is -2.23. The van der Waals surface area contributed by atoms with Crippen LogP contribution in [0.3, 0.4) is 0 Å². The second-order valence-electron chi connectivity index (χ2n) is 4.00. The van der Waals surface area contributed by atoms with Crippen LogP contribution in [0.5, 0.6) is 0 Å². The summed E-state index contributed by atoms with van der Waals surface area (Å²) in [6.07, 6.45) is 2.86. The van der Waals surface area contributed by atoms with Crippen LogP contribution in [-0.2, 0) is 11.2 Å². The molecule has 0 saturated heterocycles. The van der Waals surface area contributed by atoms with E-state index in [-0.39, 0.29) is 0 Å². The number of hydrogen-bond donors (Lipinski definition) is 2. The van der Waals surface area contributed by atoms with Crippen LogP contribution in [0.15, 0.2) is 6.07 Å². The van der Waals surface area contributed by atoms with Gasteiger partial charge in [-0.2, -0.15) is 0 Å². The van der Waals surface area contributed by atoms with Crippen LogP contribution in [0.1, 0.15) is 29.3 Å². The first-order valence-electron chi connectivity index (χ1n) is 5.60. The van der Waals surface area contributed by atoms with Crippen molar-refractivity contribution in [1.29, 1.82) is 0 Å². The van der Waals surface area contributed by atoms with Gasteiger partial charge in [-0.1, -0.05) is 0 Å². The van der Waals surface area contributed by atoms with Gasteiger partial charge < -0.3 is 15.8 Å². The number of fused-ring (bicyclic) bond motifs is 1. The van der Waals surface area contributed by atoms with Gasteiger partial charge >= 0.3 is 6.09 Å². The minimum atomic E-state index is -0.707. The van der Waals surface area contributed by atoms with Crippen molar-refractivity contribution in [3.8, 4) is 0 Å². The molecule has 0 aliphatic heterocycles. The maximum absolute atomic E-state index is 10.4. The quantitative estimate of drug-likeness (QED) is 0.636. The summed E-state index contributed by atoms with van der Waals surface area (Å²) >= 11 is 4.25. The SMILES string of the molecule is NC(=O)OCCNC1CCCc2sc(I)cc21. The number of ether oxygens (including phenoxy) is 1. The maximum atomic E-state index is 10.4. The Bertz CT molecular complexity index is 408. The van der Waals surface area contributed by atoms with E-state index in [1.807, 2.05) is 11.3 Å². The molecule has 3 N–H and O–H groups in total. The third-order valence-electron chi connectivity index (χ3n) is 2.82. The molecule has 2 rings (SSSR count). The van der Waals surface area contributed by atoms with E-state index in [1.165, 1.54) is 26.2 Å². The van der Waals surface area contributed by atoms with E-state index in [1.54, 1.807) is 0 Å². The average molecular weight is 366 g/mol. The summed E-state index contributed by atoms with van der Waals surface area (Å²) in [7, 11) is 0. The number of carbonyl (C=O) groups is 1. The Kier molecular flexibility index (Phi) is 4.63. The molecule has 0 fully saturated rings. The zero-order chi connectivity index (χ0) is 12.3. The topological polar surface area (TPSA) is 64.4 Å². The van der Waals surface area contributed by atoms with Crippen molar-refractivity contribution >= 4 is 40.0 Å². The predicted molar refractivity (Wildman–Crippen MR) is 76.3 cm³/mol. The molecule has 0 aromatic carbocycles. The van der Waals surface area contributed by atoms with Gasteiger partial charge in [-0.15, -0.1) is 11.3 Å². The number of halogens is 1. The molecule has 1 aromatic heterocycles. The Hall–Kier alpha value is -0.340. The van der Waals surface area contributed by atoms with Gasteiger partial charge in [0, 0.05) is 17.5 Å². The molecule has 1 amide bonds. The lowest BCUT2D eigenvalue weighted by Crippen LogP contribution is -2.29. The van der Waals surface area contributed by atoms with Crippen molar-refractivity contribution in [2.45, 2.75) is 25.3 Å². The van der Waals surface area contributed by atoms with E-state index < -0.39 is 6.09 Å². The minimum absolute atomic E-state index is 0.336. The molecule has 4 nitrogen and oxygen atoms in total. The normalized spacial score (nSPS) is 18.8. The molecule has 0 saturated carbocycles. The van der Waals surface area contributed by atoms with Crippen molar-refractivity contribution in [2.24, 2.45) is 5.73 Å². The first-order valence-corrected chi connectivity index (χ1v) is 7.50. The summed E-state index contributed by atoms with van der Waals surface area (Å²) in [6, 6.07) is 2.65. The van der Waals surface area contributed by atoms with Crippen molar-refractivity contribution in [3.63, 3.8) is 0 Å². The molecule has 94 valence electrons. The Balaban J connectivity index is 1.88. The molecule has 0 radical (unpaired) electrons. The minimum Gasteiger partial charge on any atom is -0.448 e. The molecule has 1 unspecified atom stereocenters. The molecule has 17 heavy (non-hydrogen) atoms. The monoisotopic (exact) mass is 366 g/mol. The maximum Gasteiger partial charge on any atom is 0.404 e. The summed E-state index contributed by atoms with van der Waals surface area (Å²) in [5.41, 5.74) is 6.32. The predicted octanol–water partition coefficient (Wildman–Crippen LogP) is 2.42. The van der Waals surface area contributed by atoms with Crippen LogP contribution in [0.4, 0.5) is 4.79 Å². The van der Waals surface area contributed by atoms with Crippen LogP contribution in [-0.4, -0.2) is 19.2 Å². The fraction of sp³-hybridized carbons (Fsp3) is 0.545. The first kappa shape index (κ1) is 13.1. The lowest BCUT2D eigenvalue weighted by molar-refractivity contribution is 0.155. The van der Waals surface area contributed by atoms with Crippen LogP contribution < -0.4 is 11.1 Å². The molecule has 0 spiro atoms. The van der Waals surface area contributed by atoms with Gasteiger partial charge in [-0.05, 0) is 53.5 Å². The standard InChI is InChI=1S/C11H15IN2O2S/c12-10-6-7-8(2-1-3-9(7)17-10)14-4-5-16-11(13)15/h6,8,14H,1-5H2,(H2,13,15). The number of nitrogens with two attached hydrogens (primary N) is 1. The van der Waals surface area contributed by atoms with Crippen LogP contribution in [0.2, 0.25) is 0 Å². The van der Waals surface area contributed by atoms with Gasteiger partial charge in [0.05, 0.1) is 2.88 Å². The number of hydrogen-bond acceptors (Lipinski definition) is 4. The van der Waals surface area contributed by atoms with Gasteiger partial charge in [0.2, 0.25) is 0 Å². The summed E-state index contributed by atoms with van der Waals surface area (Å²) in [5.74, 6) is 0. The number of amides is 1. The highest BCUT2D eigenvalue weighted by atomic mass is 127. The highest BCUT2D eigenvalue weighted by Gasteiger charge is 2.21. The van der Waals surface area contributed by atoms with Crippen LogP contribution in [0.25, 0.3) is 0 Å². The second-order valence-corrected chi connectivity index (χ2v) is 7.03. The smallest absolute Gasteiger partial charge is 0.404 e. The van der Waals surface area contributed by atoms with Crippen LogP contribution in [0, 0.1) is 2.88 Å².